The number of carbonyl (C=O) groups is 2. The maximum Gasteiger partial charge on any atom is 0.326 e. The monoisotopic (exact) mass is 355 g/mol. The average molecular weight is 356 g/mol. The van der Waals surface area contributed by atoms with Gasteiger partial charge in [-0.2, -0.15) is 0 Å². The number of carbonyl (C=O) groups excluding carboxylic acids is 1. The summed E-state index contributed by atoms with van der Waals surface area (Å²) in [7, 11) is 0. The molecule has 6 nitrogen and oxygen atoms in total. The number of fused-ring (bicyclic) bond motifs is 1. The van der Waals surface area contributed by atoms with Gasteiger partial charge in [0.25, 0.3) is 5.91 Å². The van der Waals surface area contributed by atoms with E-state index in [4.69, 9.17) is 9.47 Å². The molecule has 1 aromatic rings. The fourth-order valence-electron chi connectivity index (χ4n) is 2.25. The summed E-state index contributed by atoms with van der Waals surface area (Å²) in [5, 5.41) is 11.8. The smallest absolute Gasteiger partial charge is 0.326 e. The Bertz CT molecular complexity index is 599. The second kappa shape index (κ2) is 5.55. The van der Waals surface area contributed by atoms with Gasteiger partial charge in [0.2, 0.25) is 6.79 Å². The highest BCUT2D eigenvalue weighted by Gasteiger charge is 2.31. The molecule has 1 amide bonds. The number of amides is 1. The summed E-state index contributed by atoms with van der Waals surface area (Å²) in [6, 6.07) is 2.30. The van der Waals surface area contributed by atoms with Crippen molar-refractivity contribution in [1.82, 2.24) is 5.32 Å². The lowest BCUT2D eigenvalue weighted by Crippen LogP contribution is -2.41. The Kier molecular flexibility index (Phi) is 3.75. The number of hydrogen-bond acceptors (Lipinski definition) is 4. The lowest BCUT2D eigenvalue weighted by atomic mass is 10.1. The van der Waals surface area contributed by atoms with Crippen LogP contribution >= 0.6 is 15.9 Å². The van der Waals surface area contributed by atoms with Crippen LogP contribution in [0.25, 0.3) is 0 Å². The summed E-state index contributed by atoms with van der Waals surface area (Å²) in [4.78, 5) is 23.4. The molecule has 7 heteroatoms. The van der Waals surface area contributed by atoms with Crippen LogP contribution in [0.4, 0.5) is 0 Å². The van der Waals surface area contributed by atoms with Crippen molar-refractivity contribution in [2.75, 3.05) is 6.79 Å². The molecule has 2 N–H and O–H groups in total. The first-order chi connectivity index (χ1) is 10.0. The number of benzene rings is 1. The molecule has 3 rings (SSSR count). The van der Waals surface area contributed by atoms with E-state index in [9.17, 15) is 14.7 Å². The molecule has 1 fully saturated rings. The molecule has 1 atom stereocenters. The maximum atomic E-state index is 12.2. The summed E-state index contributed by atoms with van der Waals surface area (Å²) >= 11 is 3.31. The maximum absolute atomic E-state index is 12.2. The number of carboxylic acid groups (broad SMARTS) is 1. The quantitative estimate of drug-likeness (QED) is 0.845. The van der Waals surface area contributed by atoms with Crippen LogP contribution in [0.3, 0.4) is 0 Å². The van der Waals surface area contributed by atoms with Gasteiger partial charge in [0.05, 0.1) is 4.47 Å². The minimum absolute atomic E-state index is 0.110. The minimum Gasteiger partial charge on any atom is -0.480 e. The van der Waals surface area contributed by atoms with Gasteiger partial charge < -0.3 is 19.9 Å². The zero-order valence-corrected chi connectivity index (χ0v) is 12.7. The lowest BCUT2D eigenvalue weighted by Gasteiger charge is -2.14. The molecule has 0 aromatic heterocycles. The third kappa shape index (κ3) is 3.12. The van der Waals surface area contributed by atoms with Crippen LogP contribution in [0.1, 0.15) is 29.6 Å². The Labute approximate surface area is 129 Å². The first-order valence-electron chi connectivity index (χ1n) is 6.67. The molecule has 0 bridgehead atoms. The van der Waals surface area contributed by atoms with Crippen molar-refractivity contribution in [1.29, 1.82) is 0 Å². The van der Waals surface area contributed by atoms with Gasteiger partial charge in [-0.05, 0) is 40.4 Å². The van der Waals surface area contributed by atoms with E-state index in [0.29, 0.717) is 33.9 Å². The van der Waals surface area contributed by atoms with Crippen LogP contribution in [0, 0.1) is 5.92 Å². The van der Waals surface area contributed by atoms with Gasteiger partial charge in [0.1, 0.15) is 6.04 Å². The molecule has 1 aliphatic carbocycles. The normalized spacial score (nSPS) is 17.4. The van der Waals surface area contributed by atoms with Gasteiger partial charge in [-0.25, -0.2) is 4.79 Å². The molecular weight excluding hydrogens is 342 g/mol. The van der Waals surface area contributed by atoms with Crippen molar-refractivity contribution >= 4 is 27.8 Å². The number of hydrogen-bond donors (Lipinski definition) is 2. The molecule has 1 saturated carbocycles. The van der Waals surface area contributed by atoms with Crippen molar-refractivity contribution in [2.45, 2.75) is 25.3 Å². The largest absolute Gasteiger partial charge is 0.480 e. The van der Waals surface area contributed by atoms with Gasteiger partial charge in [-0.1, -0.05) is 12.8 Å². The van der Waals surface area contributed by atoms with Gasteiger partial charge in [-0.3, -0.25) is 4.79 Å². The Morgan fingerprint density at radius 2 is 2.14 bits per heavy atom. The van der Waals surface area contributed by atoms with E-state index in [1.165, 1.54) is 0 Å². The molecule has 112 valence electrons. The number of ether oxygens (including phenoxy) is 2. The summed E-state index contributed by atoms with van der Waals surface area (Å²) in [6.07, 6.45) is 2.55. The van der Waals surface area contributed by atoms with Crippen molar-refractivity contribution < 1.29 is 24.2 Å². The molecule has 1 aliphatic heterocycles. The van der Waals surface area contributed by atoms with E-state index >= 15 is 0 Å². The highest BCUT2D eigenvalue weighted by atomic mass is 79.9. The van der Waals surface area contributed by atoms with Crippen LogP contribution in [0.15, 0.2) is 16.6 Å². The zero-order valence-electron chi connectivity index (χ0n) is 11.1. The van der Waals surface area contributed by atoms with Crippen LogP contribution in [-0.2, 0) is 4.79 Å². The van der Waals surface area contributed by atoms with E-state index in [0.717, 1.165) is 12.8 Å². The number of nitrogens with one attached hydrogen (secondary N) is 1. The number of rotatable bonds is 5. The topological polar surface area (TPSA) is 84.9 Å². The molecule has 2 aliphatic rings. The standard InChI is InChI=1S/C14H14BrNO5/c15-9-4-8(5-11-12(9)21-6-20-11)13(17)16-10(14(18)19)3-7-1-2-7/h4-5,7,10H,1-3,6H2,(H,16,17)(H,18,19). The summed E-state index contributed by atoms with van der Waals surface area (Å²) in [5.74, 6) is 0.00917. The molecule has 21 heavy (non-hydrogen) atoms. The third-order valence-electron chi connectivity index (χ3n) is 3.56. The second-order valence-electron chi connectivity index (χ2n) is 5.24. The third-order valence-corrected chi connectivity index (χ3v) is 4.15. The van der Waals surface area contributed by atoms with Gasteiger partial charge in [-0.15, -0.1) is 0 Å². The molecular formula is C14H14BrNO5. The van der Waals surface area contributed by atoms with E-state index in [-0.39, 0.29) is 6.79 Å². The molecule has 1 aromatic carbocycles. The van der Waals surface area contributed by atoms with E-state index in [1.807, 2.05) is 0 Å². The number of aliphatic carboxylic acids is 1. The molecule has 1 unspecified atom stereocenters. The summed E-state index contributed by atoms with van der Waals surface area (Å²) in [6.45, 7) is 0.110. The van der Waals surface area contributed by atoms with Crippen LogP contribution in [0.2, 0.25) is 0 Å². The highest BCUT2D eigenvalue weighted by molar-refractivity contribution is 9.10. The highest BCUT2D eigenvalue weighted by Crippen LogP contribution is 2.40. The summed E-state index contributed by atoms with van der Waals surface area (Å²) < 4.78 is 11.1. The Balaban J connectivity index is 1.75. The van der Waals surface area contributed by atoms with Crippen LogP contribution in [-0.4, -0.2) is 29.8 Å². The fraction of sp³-hybridized carbons (Fsp3) is 0.429. The first kappa shape index (κ1) is 14.2. The van der Waals surface area contributed by atoms with Gasteiger partial charge >= 0.3 is 5.97 Å². The zero-order chi connectivity index (χ0) is 15.0. The SMILES string of the molecule is O=C(NC(CC1CC1)C(=O)O)c1cc(Br)c2c(c1)OCO2. The van der Waals surface area contributed by atoms with Crippen molar-refractivity contribution in [2.24, 2.45) is 5.92 Å². The molecule has 0 radical (unpaired) electrons. The number of carboxylic acids is 1. The van der Waals surface area contributed by atoms with Crippen molar-refractivity contribution in [3.63, 3.8) is 0 Å². The molecule has 1 heterocycles. The van der Waals surface area contributed by atoms with Gasteiger partial charge in [0.15, 0.2) is 11.5 Å². The fourth-order valence-corrected chi connectivity index (χ4v) is 2.80. The number of halogens is 1. The van der Waals surface area contributed by atoms with E-state index in [1.54, 1.807) is 12.1 Å². The van der Waals surface area contributed by atoms with Crippen LogP contribution in [0.5, 0.6) is 11.5 Å². The second-order valence-corrected chi connectivity index (χ2v) is 6.09. The Morgan fingerprint density at radius 1 is 1.38 bits per heavy atom. The van der Waals surface area contributed by atoms with Crippen molar-refractivity contribution in [3.8, 4) is 11.5 Å². The van der Waals surface area contributed by atoms with Crippen molar-refractivity contribution in [3.05, 3.63) is 22.2 Å². The molecule has 0 saturated heterocycles. The first-order valence-corrected chi connectivity index (χ1v) is 7.46. The average Bonchev–Trinajstić information content (AvgIpc) is 3.12. The predicted molar refractivity (Wildman–Crippen MR) is 76.5 cm³/mol. The van der Waals surface area contributed by atoms with E-state index in [2.05, 4.69) is 21.2 Å². The predicted octanol–water partition coefficient (Wildman–Crippen LogP) is 2.16. The molecule has 0 spiro atoms. The minimum atomic E-state index is -1.00. The Morgan fingerprint density at radius 3 is 2.81 bits per heavy atom. The van der Waals surface area contributed by atoms with Gasteiger partial charge in [0, 0.05) is 5.56 Å². The Hall–Kier alpha value is -1.76. The summed E-state index contributed by atoms with van der Waals surface area (Å²) in [5.41, 5.74) is 0.341. The van der Waals surface area contributed by atoms with E-state index < -0.39 is 17.9 Å². The lowest BCUT2D eigenvalue weighted by molar-refractivity contribution is -0.139. The van der Waals surface area contributed by atoms with Crippen LogP contribution < -0.4 is 14.8 Å².